The third-order valence-corrected chi connectivity index (χ3v) is 8.35. The molecule has 0 aliphatic rings. The summed E-state index contributed by atoms with van der Waals surface area (Å²) in [6.07, 6.45) is 3.19. The number of ether oxygens (including phenoxy) is 2. The van der Waals surface area contributed by atoms with Crippen LogP contribution in [-0.4, -0.2) is 126 Å². The van der Waals surface area contributed by atoms with Crippen LogP contribution in [0, 0.1) is 0 Å². The van der Waals surface area contributed by atoms with Crippen molar-refractivity contribution in [3.8, 4) is 11.5 Å². The fourth-order valence-electron chi connectivity index (χ4n) is 5.05. The summed E-state index contributed by atoms with van der Waals surface area (Å²) in [6, 6.07) is 11.6. The van der Waals surface area contributed by atoms with E-state index in [2.05, 4.69) is 6.92 Å². The van der Waals surface area contributed by atoms with Crippen molar-refractivity contribution in [1.82, 2.24) is 14.7 Å². The van der Waals surface area contributed by atoms with Gasteiger partial charge >= 0.3 is 17.9 Å². The highest BCUT2D eigenvalue weighted by molar-refractivity contribution is 7.86. The van der Waals surface area contributed by atoms with Crippen molar-refractivity contribution in [2.24, 2.45) is 0 Å². The van der Waals surface area contributed by atoms with Gasteiger partial charge in [-0.05, 0) is 49.2 Å². The van der Waals surface area contributed by atoms with E-state index in [1.165, 1.54) is 28.7 Å². The van der Waals surface area contributed by atoms with Gasteiger partial charge in [0, 0.05) is 25.7 Å². The Kier molecular flexibility index (Phi) is 16.6. The Hall–Kier alpha value is -3.76. The first-order valence-electron chi connectivity index (χ1n) is 15.5. The van der Waals surface area contributed by atoms with Crippen LogP contribution >= 0.6 is 0 Å². The zero-order valence-electron chi connectivity index (χ0n) is 27.2. The van der Waals surface area contributed by atoms with Gasteiger partial charge in [-0.1, -0.05) is 51.5 Å². The number of benzene rings is 2. The van der Waals surface area contributed by atoms with Gasteiger partial charge < -0.3 is 24.8 Å². The molecule has 2 aromatic carbocycles. The minimum Gasteiger partial charge on any atom is -0.490 e. The highest BCUT2D eigenvalue weighted by Crippen LogP contribution is 2.29. The molecule has 0 radical (unpaired) electrons. The van der Waals surface area contributed by atoms with Crippen molar-refractivity contribution >= 4 is 28.0 Å². The highest BCUT2D eigenvalue weighted by atomic mass is 32.2. The maximum absolute atomic E-state index is 12.3. The van der Waals surface area contributed by atoms with E-state index in [0.717, 1.165) is 24.8 Å². The third-order valence-electron chi connectivity index (χ3n) is 7.48. The second-order valence-corrected chi connectivity index (χ2v) is 12.5. The first kappa shape index (κ1) is 39.4. The normalized spacial score (nSPS) is 12.4. The second-order valence-electron chi connectivity index (χ2n) is 11.1. The average Bonchev–Trinajstić information content (AvgIpc) is 3.00. The topological polar surface area (TPSA) is 194 Å². The summed E-state index contributed by atoms with van der Waals surface area (Å²) in [5.41, 5.74) is 2.11. The van der Waals surface area contributed by atoms with E-state index >= 15 is 0 Å². The van der Waals surface area contributed by atoms with Crippen molar-refractivity contribution in [1.29, 1.82) is 0 Å². The Morgan fingerprint density at radius 2 is 1.34 bits per heavy atom. The molecule has 0 bridgehead atoms. The fourth-order valence-corrected chi connectivity index (χ4v) is 5.70. The molecule has 47 heavy (non-hydrogen) atoms. The van der Waals surface area contributed by atoms with Gasteiger partial charge in [-0.2, -0.15) is 8.42 Å². The van der Waals surface area contributed by atoms with E-state index in [1.54, 1.807) is 4.90 Å². The van der Waals surface area contributed by atoms with Gasteiger partial charge in [0.05, 0.1) is 25.7 Å². The first-order valence-corrected chi connectivity index (χ1v) is 17.0. The lowest BCUT2D eigenvalue weighted by atomic mass is 10.1. The van der Waals surface area contributed by atoms with Crippen LogP contribution in [0.5, 0.6) is 11.5 Å². The van der Waals surface area contributed by atoms with Crippen molar-refractivity contribution in [3.05, 3.63) is 53.6 Å². The molecule has 0 amide bonds. The standard InChI is InChI=1S/C32H47N3O11S/c1-4-7-8-24-9-11-25(12-10-24)22-45-27-13-14-28(29(17-27)47(42,43)44)46-23-26(35(5-2)6-3)18-33(19-30(36)37)15-16-34(20-31(38)39)21-32(40)41/h9-14,17,26H,4-8,15-16,18-23H2,1-3H3,(H,36,37)(H,38,39)(H,40,41)(H,42,43,44). The third kappa shape index (κ3) is 14.7. The lowest BCUT2D eigenvalue weighted by molar-refractivity contribution is -0.143. The lowest BCUT2D eigenvalue weighted by Crippen LogP contribution is -2.50. The van der Waals surface area contributed by atoms with Crippen LogP contribution in [0.15, 0.2) is 47.4 Å². The Balaban J connectivity index is 2.21. The Morgan fingerprint density at radius 3 is 1.87 bits per heavy atom. The van der Waals surface area contributed by atoms with Crippen LogP contribution in [0.3, 0.4) is 0 Å². The van der Waals surface area contributed by atoms with Gasteiger partial charge in [-0.25, -0.2) is 0 Å². The summed E-state index contributed by atoms with van der Waals surface area (Å²) in [5, 5.41) is 27.8. The summed E-state index contributed by atoms with van der Waals surface area (Å²) in [4.78, 5) is 38.3. The Morgan fingerprint density at radius 1 is 0.787 bits per heavy atom. The van der Waals surface area contributed by atoms with Gasteiger partial charge in [0.1, 0.15) is 29.6 Å². The monoisotopic (exact) mass is 681 g/mol. The number of aliphatic carboxylic acids is 3. The summed E-state index contributed by atoms with van der Waals surface area (Å²) in [6.45, 7) is 5.81. The molecule has 0 fully saturated rings. The lowest BCUT2D eigenvalue weighted by Gasteiger charge is -2.34. The van der Waals surface area contributed by atoms with Crippen LogP contribution in [0.25, 0.3) is 0 Å². The van der Waals surface area contributed by atoms with Gasteiger partial charge in [0.25, 0.3) is 10.1 Å². The predicted molar refractivity (Wildman–Crippen MR) is 174 cm³/mol. The number of carboxylic acid groups (broad SMARTS) is 3. The summed E-state index contributed by atoms with van der Waals surface area (Å²) in [7, 11) is -4.72. The van der Waals surface area contributed by atoms with E-state index in [1.807, 2.05) is 43.0 Å². The van der Waals surface area contributed by atoms with Crippen LogP contribution in [0.4, 0.5) is 0 Å². The van der Waals surface area contributed by atoms with Gasteiger partial charge in [-0.3, -0.25) is 33.6 Å². The zero-order valence-corrected chi connectivity index (χ0v) is 28.0. The molecule has 1 unspecified atom stereocenters. The minimum absolute atomic E-state index is 0.0188. The molecule has 0 aliphatic heterocycles. The molecule has 4 N–H and O–H groups in total. The van der Waals surface area contributed by atoms with Gasteiger partial charge in [-0.15, -0.1) is 0 Å². The van der Waals surface area contributed by atoms with Crippen molar-refractivity contribution in [3.63, 3.8) is 0 Å². The van der Waals surface area contributed by atoms with E-state index in [9.17, 15) is 32.5 Å². The van der Waals surface area contributed by atoms with E-state index in [-0.39, 0.29) is 44.3 Å². The molecule has 15 heteroatoms. The zero-order chi connectivity index (χ0) is 35.0. The van der Waals surface area contributed by atoms with Crippen LogP contribution in [-0.2, 0) is 37.5 Å². The summed E-state index contributed by atoms with van der Waals surface area (Å²) in [5.74, 6) is -3.47. The highest BCUT2D eigenvalue weighted by Gasteiger charge is 2.25. The number of nitrogens with zero attached hydrogens (tertiary/aromatic N) is 3. The molecule has 0 saturated carbocycles. The second kappa shape index (κ2) is 19.8. The van der Waals surface area contributed by atoms with Crippen LogP contribution in [0.2, 0.25) is 0 Å². The van der Waals surface area contributed by atoms with E-state index in [4.69, 9.17) is 19.7 Å². The number of unbranched alkanes of at least 4 members (excludes halogenated alkanes) is 1. The molecule has 0 aromatic heterocycles. The molecule has 0 aliphatic carbocycles. The number of rotatable bonds is 24. The predicted octanol–water partition coefficient (Wildman–Crippen LogP) is 2.80. The van der Waals surface area contributed by atoms with Crippen molar-refractivity contribution < 1.29 is 52.1 Å². The van der Waals surface area contributed by atoms with Gasteiger partial charge in [0.2, 0.25) is 0 Å². The SMILES string of the molecule is CCCCc1ccc(COc2ccc(OCC(CN(CCN(CC(=O)O)CC(=O)O)CC(=O)O)N(CC)CC)c(S(=O)(=O)O)c2)cc1. The number of carbonyl (C=O) groups is 3. The number of hydrogen-bond donors (Lipinski definition) is 4. The van der Waals surface area contributed by atoms with E-state index < -0.39 is 58.6 Å². The Labute approximate surface area is 276 Å². The molecule has 2 rings (SSSR count). The summed E-state index contributed by atoms with van der Waals surface area (Å²) >= 11 is 0. The van der Waals surface area contributed by atoms with Crippen LogP contribution < -0.4 is 9.47 Å². The molecule has 0 heterocycles. The van der Waals surface area contributed by atoms with E-state index in [0.29, 0.717) is 13.1 Å². The molecular weight excluding hydrogens is 634 g/mol. The molecular formula is C32H47N3O11S. The quantitative estimate of drug-likeness (QED) is 0.118. The minimum atomic E-state index is -4.72. The molecule has 0 saturated heterocycles. The fraction of sp³-hybridized carbons (Fsp3) is 0.531. The molecule has 0 spiro atoms. The average molecular weight is 682 g/mol. The largest absolute Gasteiger partial charge is 0.490 e. The maximum Gasteiger partial charge on any atom is 0.317 e. The summed E-state index contributed by atoms with van der Waals surface area (Å²) < 4.78 is 46.4. The number of hydrogen-bond acceptors (Lipinski definition) is 10. The van der Waals surface area contributed by atoms with Gasteiger partial charge in [0.15, 0.2) is 0 Å². The van der Waals surface area contributed by atoms with Crippen LogP contribution in [0.1, 0.15) is 44.7 Å². The van der Waals surface area contributed by atoms with Crippen molar-refractivity contribution in [2.45, 2.75) is 57.6 Å². The molecule has 14 nitrogen and oxygen atoms in total. The molecule has 2 aromatic rings. The number of aryl methyl sites for hydroxylation is 1. The number of carboxylic acids is 3. The smallest absolute Gasteiger partial charge is 0.317 e. The van der Waals surface area contributed by atoms with Crippen molar-refractivity contribution in [2.75, 3.05) is 59.0 Å². The first-order chi connectivity index (χ1) is 22.2. The Bertz CT molecular complexity index is 1380. The molecule has 1 atom stereocenters. The number of likely N-dealkylation sites (N-methyl/N-ethyl adjacent to an activating group) is 1. The maximum atomic E-state index is 12.3. The molecule has 262 valence electrons.